The molecule has 1 aromatic carbocycles. The molecule has 5 heteroatoms. The van der Waals surface area contributed by atoms with Crippen LogP contribution in [0.15, 0.2) is 54.9 Å². The minimum absolute atomic E-state index is 0.305. The van der Waals surface area contributed by atoms with Crippen LogP contribution < -0.4 is 0 Å². The van der Waals surface area contributed by atoms with Crippen molar-refractivity contribution in [3.8, 4) is 5.69 Å². The summed E-state index contributed by atoms with van der Waals surface area (Å²) >= 11 is 0. The van der Waals surface area contributed by atoms with Crippen molar-refractivity contribution in [1.29, 1.82) is 0 Å². The Labute approximate surface area is 147 Å². The topological polar surface area (TPSA) is 57.0 Å². The lowest BCUT2D eigenvalue weighted by Crippen LogP contribution is -2.08. The van der Waals surface area contributed by atoms with Crippen molar-refractivity contribution in [3.05, 3.63) is 77.4 Å². The lowest BCUT2D eigenvalue weighted by atomic mass is 10.2. The zero-order valence-electron chi connectivity index (χ0n) is 14.5. The minimum Gasteiger partial charge on any atom is -0.462 e. The van der Waals surface area contributed by atoms with E-state index in [1.165, 1.54) is 0 Å². The number of esters is 1. The van der Waals surface area contributed by atoms with E-state index in [-0.39, 0.29) is 5.97 Å². The molecule has 0 unspecified atom stereocenters. The number of nitrogens with zero attached hydrogens (tertiary/aromatic N) is 3. The Bertz CT molecular complexity index is 853. The summed E-state index contributed by atoms with van der Waals surface area (Å²) < 4.78 is 7.12. The molecule has 0 spiro atoms. The highest BCUT2D eigenvalue weighted by molar-refractivity contribution is 5.89. The van der Waals surface area contributed by atoms with Gasteiger partial charge in [-0.05, 0) is 68.7 Å². The first kappa shape index (κ1) is 16.9. The van der Waals surface area contributed by atoms with Crippen LogP contribution in [0.4, 0.5) is 0 Å². The quantitative estimate of drug-likeness (QED) is 0.509. The van der Waals surface area contributed by atoms with E-state index in [4.69, 9.17) is 4.74 Å². The van der Waals surface area contributed by atoms with Crippen molar-refractivity contribution < 1.29 is 9.53 Å². The molecule has 0 fully saturated rings. The monoisotopic (exact) mass is 335 g/mol. The third kappa shape index (κ3) is 4.53. The molecule has 0 amide bonds. The summed E-state index contributed by atoms with van der Waals surface area (Å²) in [5.41, 5.74) is 4.57. The minimum atomic E-state index is -0.305. The smallest absolute Gasteiger partial charge is 0.338 e. The van der Waals surface area contributed by atoms with E-state index in [1.54, 1.807) is 23.0 Å². The van der Waals surface area contributed by atoms with Crippen LogP contribution in [0.1, 0.15) is 33.7 Å². The number of hydrogen-bond acceptors (Lipinski definition) is 4. The summed E-state index contributed by atoms with van der Waals surface area (Å²) in [5.74, 6) is -0.305. The lowest BCUT2D eigenvalue weighted by Gasteiger charge is -2.06. The van der Waals surface area contributed by atoms with Gasteiger partial charge in [-0.1, -0.05) is 6.07 Å². The third-order valence-electron chi connectivity index (χ3n) is 3.84. The average Bonchev–Trinajstić information content (AvgIpc) is 3.05. The van der Waals surface area contributed by atoms with Crippen LogP contribution in [-0.2, 0) is 11.2 Å². The van der Waals surface area contributed by atoms with Crippen LogP contribution in [0, 0.1) is 13.8 Å². The van der Waals surface area contributed by atoms with Crippen LogP contribution in [0.3, 0.4) is 0 Å². The Morgan fingerprint density at radius 1 is 1.12 bits per heavy atom. The molecular weight excluding hydrogens is 314 g/mol. The lowest BCUT2D eigenvalue weighted by molar-refractivity contribution is 0.0500. The van der Waals surface area contributed by atoms with Crippen LogP contribution in [0.2, 0.25) is 0 Å². The molecule has 5 nitrogen and oxygen atoms in total. The maximum Gasteiger partial charge on any atom is 0.338 e. The SMILES string of the molecule is Cc1cnn(-c2ccc(C(=O)OCCCc3cccc(C)n3)cc2)c1. The molecule has 0 aliphatic heterocycles. The first-order valence-electron chi connectivity index (χ1n) is 8.33. The maximum absolute atomic E-state index is 12.1. The predicted molar refractivity (Wildman–Crippen MR) is 95.9 cm³/mol. The Kier molecular flexibility index (Phi) is 5.23. The van der Waals surface area contributed by atoms with Gasteiger partial charge in [-0.15, -0.1) is 0 Å². The molecule has 128 valence electrons. The molecule has 0 radical (unpaired) electrons. The van der Waals surface area contributed by atoms with E-state index in [0.717, 1.165) is 35.5 Å². The Balaban J connectivity index is 1.49. The van der Waals surface area contributed by atoms with Crippen molar-refractivity contribution in [2.24, 2.45) is 0 Å². The van der Waals surface area contributed by atoms with Crippen LogP contribution >= 0.6 is 0 Å². The summed E-state index contributed by atoms with van der Waals surface area (Å²) in [5, 5.41) is 4.25. The van der Waals surface area contributed by atoms with Gasteiger partial charge >= 0.3 is 5.97 Å². The standard InChI is InChI=1S/C20H21N3O2/c1-15-13-21-23(14-15)19-10-8-17(9-11-19)20(24)25-12-4-7-18-6-3-5-16(2)22-18/h3,5-6,8-11,13-14H,4,7,12H2,1-2H3. The number of benzene rings is 1. The normalized spacial score (nSPS) is 10.6. The van der Waals surface area contributed by atoms with Crippen molar-refractivity contribution in [2.45, 2.75) is 26.7 Å². The van der Waals surface area contributed by atoms with Gasteiger partial charge in [-0.2, -0.15) is 5.10 Å². The number of pyridine rings is 1. The highest BCUT2D eigenvalue weighted by Crippen LogP contribution is 2.11. The molecule has 0 aliphatic carbocycles. The molecule has 2 heterocycles. The second-order valence-corrected chi connectivity index (χ2v) is 6.02. The number of ether oxygens (including phenoxy) is 1. The fourth-order valence-corrected chi connectivity index (χ4v) is 2.54. The zero-order valence-corrected chi connectivity index (χ0v) is 14.5. The number of aromatic nitrogens is 3. The van der Waals surface area contributed by atoms with Crippen molar-refractivity contribution in [2.75, 3.05) is 6.61 Å². The molecule has 0 saturated heterocycles. The molecule has 2 aromatic heterocycles. The first-order valence-corrected chi connectivity index (χ1v) is 8.33. The Morgan fingerprint density at radius 3 is 2.60 bits per heavy atom. The second kappa shape index (κ2) is 7.75. The van der Waals surface area contributed by atoms with Gasteiger partial charge in [0.05, 0.1) is 24.1 Å². The summed E-state index contributed by atoms with van der Waals surface area (Å²) in [6.07, 6.45) is 5.29. The van der Waals surface area contributed by atoms with Crippen molar-refractivity contribution >= 4 is 5.97 Å². The average molecular weight is 335 g/mol. The number of aryl methyl sites for hydroxylation is 3. The van der Waals surface area contributed by atoms with Crippen LogP contribution in [-0.4, -0.2) is 27.3 Å². The molecule has 25 heavy (non-hydrogen) atoms. The van der Waals surface area contributed by atoms with Gasteiger partial charge in [0, 0.05) is 17.6 Å². The van der Waals surface area contributed by atoms with Crippen LogP contribution in [0.5, 0.6) is 0 Å². The summed E-state index contributed by atoms with van der Waals surface area (Å²) in [6, 6.07) is 13.2. The molecular formula is C20H21N3O2. The molecule has 3 rings (SSSR count). The van der Waals surface area contributed by atoms with Crippen LogP contribution in [0.25, 0.3) is 5.69 Å². The first-order chi connectivity index (χ1) is 12.1. The van der Waals surface area contributed by atoms with E-state index in [0.29, 0.717) is 12.2 Å². The molecule has 0 saturated carbocycles. The van der Waals surface area contributed by atoms with E-state index >= 15 is 0 Å². The molecule has 3 aromatic rings. The van der Waals surface area contributed by atoms with E-state index in [2.05, 4.69) is 10.1 Å². The highest BCUT2D eigenvalue weighted by Gasteiger charge is 2.08. The van der Waals surface area contributed by atoms with Gasteiger partial charge < -0.3 is 4.74 Å². The predicted octanol–water partition coefficient (Wildman–Crippen LogP) is 3.67. The Morgan fingerprint density at radius 2 is 1.92 bits per heavy atom. The number of rotatable bonds is 6. The molecule has 0 atom stereocenters. The van der Waals surface area contributed by atoms with Gasteiger partial charge in [-0.3, -0.25) is 4.98 Å². The maximum atomic E-state index is 12.1. The third-order valence-corrected chi connectivity index (χ3v) is 3.84. The number of hydrogen-bond donors (Lipinski definition) is 0. The summed E-state index contributed by atoms with van der Waals surface area (Å²) in [7, 11) is 0. The van der Waals surface area contributed by atoms with Gasteiger partial charge in [-0.25, -0.2) is 9.48 Å². The van der Waals surface area contributed by atoms with Gasteiger partial charge in [0.1, 0.15) is 0 Å². The second-order valence-electron chi connectivity index (χ2n) is 6.02. The van der Waals surface area contributed by atoms with E-state index in [1.807, 2.05) is 50.4 Å². The van der Waals surface area contributed by atoms with Gasteiger partial charge in [0.2, 0.25) is 0 Å². The van der Waals surface area contributed by atoms with Crippen molar-refractivity contribution in [1.82, 2.24) is 14.8 Å². The summed E-state index contributed by atoms with van der Waals surface area (Å²) in [6.45, 7) is 4.34. The van der Waals surface area contributed by atoms with Gasteiger partial charge in [0.25, 0.3) is 0 Å². The fraction of sp³-hybridized carbons (Fsp3) is 0.250. The van der Waals surface area contributed by atoms with Gasteiger partial charge in [0.15, 0.2) is 0 Å². The highest BCUT2D eigenvalue weighted by atomic mass is 16.5. The van der Waals surface area contributed by atoms with E-state index in [9.17, 15) is 4.79 Å². The van der Waals surface area contributed by atoms with Crippen molar-refractivity contribution in [3.63, 3.8) is 0 Å². The zero-order chi connectivity index (χ0) is 17.6. The number of carbonyl (C=O) groups is 1. The number of carbonyl (C=O) groups excluding carboxylic acids is 1. The Hall–Kier alpha value is -2.95. The van der Waals surface area contributed by atoms with E-state index < -0.39 is 0 Å². The fourth-order valence-electron chi connectivity index (χ4n) is 2.54. The largest absolute Gasteiger partial charge is 0.462 e. The molecule has 0 aliphatic rings. The molecule has 0 N–H and O–H groups in total. The summed E-state index contributed by atoms with van der Waals surface area (Å²) in [4.78, 5) is 16.5. The molecule has 0 bridgehead atoms.